The molecule has 22 heavy (non-hydrogen) atoms. The maximum atomic E-state index is 12.5. The molecule has 2 aromatic heterocycles. The van der Waals surface area contributed by atoms with E-state index in [0.29, 0.717) is 6.54 Å². The smallest absolute Gasteiger partial charge is 0.244 e. The highest BCUT2D eigenvalue weighted by Gasteiger charge is 2.18. The largest absolute Gasteiger partial charge is 0.395 e. The van der Waals surface area contributed by atoms with Crippen LogP contribution >= 0.6 is 0 Å². The van der Waals surface area contributed by atoms with E-state index in [1.807, 2.05) is 38.6 Å². The molecule has 2 rings (SSSR count). The maximum absolute atomic E-state index is 12.5. The molecule has 7 nitrogen and oxygen atoms in total. The van der Waals surface area contributed by atoms with Gasteiger partial charge in [0, 0.05) is 31.7 Å². The van der Waals surface area contributed by atoms with Crippen molar-refractivity contribution in [3.05, 3.63) is 35.2 Å². The lowest BCUT2D eigenvalue weighted by Crippen LogP contribution is -2.36. The van der Waals surface area contributed by atoms with Gasteiger partial charge in [-0.25, -0.2) is 4.98 Å². The molecule has 0 fully saturated rings. The summed E-state index contributed by atoms with van der Waals surface area (Å²) < 4.78 is 3.58. The van der Waals surface area contributed by atoms with Crippen molar-refractivity contribution in [2.75, 3.05) is 13.2 Å². The first-order chi connectivity index (χ1) is 10.4. The summed E-state index contributed by atoms with van der Waals surface area (Å²) in [4.78, 5) is 18.4. The van der Waals surface area contributed by atoms with E-state index in [1.54, 1.807) is 15.8 Å². The third-order valence-electron chi connectivity index (χ3n) is 4.00. The Morgan fingerprint density at radius 2 is 2.09 bits per heavy atom. The van der Waals surface area contributed by atoms with E-state index in [4.69, 9.17) is 0 Å². The van der Waals surface area contributed by atoms with Crippen LogP contribution < -0.4 is 0 Å². The molecule has 0 atom stereocenters. The van der Waals surface area contributed by atoms with Crippen LogP contribution in [0.5, 0.6) is 0 Å². The van der Waals surface area contributed by atoms with Crippen molar-refractivity contribution in [1.29, 1.82) is 0 Å². The van der Waals surface area contributed by atoms with Gasteiger partial charge in [0.2, 0.25) is 5.91 Å². The summed E-state index contributed by atoms with van der Waals surface area (Å²) >= 11 is 0. The van der Waals surface area contributed by atoms with Gasteiger partial charge in [0.1, 0.15) is 12.4 Å². The maximum Gasteiger partial charge on any atom is 0.244 e. The topological polar surface area (TPSA) is 76.2 Å². The summed E-state index contributed by atoms with van der Waals surface area (Å²) in [5.74, 6) is 0.703. The minimum atomic E-state index is -0.0809. The molecule has 0 aliphatic rings. The molecule has 1 amide bonds. The predicted molar refractivity (Wildman–Crippen MR) is 82.1 cm³/mol. The van der Waals surface area contributed by atoms with E-state index < -0.39 is 0 Å². The van der Waals surface area contributed by atoms with Crippen LogP contribution in [0.25, 0.3) is 0 Å². The molecular weight excluding hydrogens is 282 g/mol. The van der Waals surface area contributed by atoms with Crippen LogP contribution in [0.2, 0.25) is 0 Å². The molecule has 0 aliphatic carbocycles. The monoisotopic (exact) mass is 305 g/mol. The molecule has 0 spiro atoms. The molecule has 2 aromatic rings. The zero-order valence-corrected chi connectivity index (χ0v) is 13.6. The summed E-state index contributed by atoms with van der Waals surface area (Å²) in [5, 5.41) is 13.6. The zero-order valence-electron chi connectivity index (χ0n) is 13.6. The second kappa shape index (κ2) is 6.74. The van der Waals surface area contributed by atoms with E-state index in [1.165, 1.54) is 0 Å². The fourth-order valence-electron chi connectivity index (χ4n) is 2.30. The lowest BCUT2D eigenvalue weighted by molar-refractivity contribution is -0.133. The SMILES string of the molecule is Cc1nn(CC(=O)N(CCO)Cc2nccn2C)c(C)c1C. The van der Waals surface area contributed by atoms with Crippen molar-refractivity contribution < 1.29 is 9.90 Å². The van der Waals surface area contributed by atoms with Gasteiger partial charge in [-0.3, -0.25) is 9.48 Å². The van der Waals surface area contributed by atoms with Crippen molar-refractivity contribution >= 4 is 5.91 Å². The Morgan fingerprint density at radius 3 is 2.59 bits per heavy atom. The van der Waals surface area contributed by atoms with Crippen LogP contribution in [0.15, 0.2) is 12.4 Å². The second-order valence-electron chi connectivity index (χ2n) is 5.45. The number of carbonyl (C=O) groups is 1. The van der Waals surface area contributed by atoms with E-state index in [-0.39, 0.29) is 25.6 Å². The second-order valence-corrected chi connectivity index (χ2v) is 5.45. The molecule has 0 saturated carbocycles. The number of aryl methyl sites for hydroxylation is 2. The van der Waals surface area contributed by atoms with Gasteiger partial charge in [-0.15, -0.1) is 0 Å². The molecule has 1 N–H and O–H groups in total. The lowest BCUT2D eigenvalue weighted by atomic mass is 10.2. The lowest BCUT2D eigenvalue weighted by Gasteiger charge is -2.21. The number of hydrogen-bond acceptors (Lipinski definition) is 4. The fourth-order valence-corrected chi connectivity index (χ4v) is 2.30. The Kier molecular flexibility index (Phi) is 4.97. The van der Waals surface area contributed by atoms with Crippen molar-refractivity contribution in [1.82, 2.24) is 24.2 Å². The van der Waals surface area contributed by atoms with Gasteiger partial charge in [0.05, 0.1) is 18.8 Å². The number of aliphatic hydroxyl groups excluding tert-OH is 1. The average Bonchev–Trinajstić information content (AvgIpc) is 2.98. The van der Waals surface area contributed by atoms with Gasteiger partial charge < -0.3 is 14.6 Å². The zero-order chi connectivity index (χ0) is 16.3. The van der Waals surface area contributed by atoms with Gasteiger partial charge >= 0.3 is 0 Å². The minimum Gasteiger partial charge on any atom is -0.395 e. The van der Waals surface area contributed by atoms with Gasteiger partial charge in [-0.05, 0) is 26.3 Å². The first kappa shape index (κ1) is 16.2. The average molecular weight is 305 g/mol. The number of amides is 1. The van der Waals surface area contributed by atoms with Gasteiger partial charge in [0.15, 0.2) is 0 Å². The number of nitrogens with zero attached hydrogens (tertiary/aromatic N) is 5. The molecule has 120 valence electrons. The van der Waals surface area contributed by atoms with Gasteiger partial charge in [-0.2, -0.15) is 5.10 Å². The van der Waals surface area contributed by atoms with Gasteiger partial charge in [-0.1, -0.05) is 0 Å². The molecule has 0 saturated heterocycles. The summed E-state index contributed by atoms with van der Waals surface area (Å²) in [6.07, 6.45) is 3.53. The molecule has 7 heteroatoms. The quantitative estimate of drug-likeness (QED) is 0.846. The van der Waals surface area contributed by atoms with Crippen molar-refractivity contribution in [3.63, 3.8) is 0 Å². The number of imidazole rings is 1. The number of hydrogen-bond donors (Lipinski definition) is 1. The third kappa shape index (κ3) is 3.36. The Morgan fingerprint density at radius 1 is 1.36 bits per heavy atom. The fraction of sp³-hybridized carbons (Fsp3) is 0.533. The number of aromatic nitrogens is 4. The predicted octanol–water partition coefficient (Wildman–Crippen LogP) is 0.563. The highest BCUT2D eigenvalue weighted by atomic mass is 16.3. The standard InChI is InChI=1S/C15H23N5O2/c1-11-12(2)17-20(13(11)3)10-15(22)19(7-8-21)9-14-16-5-6-18(14)4/h5-6,21H,7-10H2,1-4H3. The Hall–Kier alpha value is -2.15. The van der Waals surface area contributed by atoms with Crippen LogP contribution in [0.4, 0.5) is 0 Å². The molecule has 0 bridgehead atoms. The normalized spacial score (nSPS) is 11.0. The molecule has 2 heterocycles. The first-order valence-corrected chi connectivity index (χ1v) is 7.29. The highest BCUT2D eigenvalue weighted by molar-refractivity contribution is 5.76. The third-order valence-corrected chi connectivity index (χ3v) is 4.00. The molecule has 0 aromatic carbocycles. The van der Waals surface area contributed by atoms with E-state index in [2.05, 4.69) is 10.1 Å². The van der Waals surface area contributed by atoms with E-state index in [0.717, 1.165) is 22.8 Å². The highest BCUT2D eigenvalue weighted by Crippen LogP contribution is 2.11. The van der Waals surface area contributed by atoms with Crippen LogP contribution in [0.1, 0.15) is 22.8 Å². The summed E-state index contributed by atoms with van der Waals surface area (Å²) in [6.45, 7) is 6.64. The Bertz CT molecular complexity index is 659. The van der Waals surface area contributed by atoms with Crippen LogP contribution in [0.3, 0.4) is 0 Å². The van der Waals surface area contributed by atoms with Crippen molar-refractivity contribution in [2.24, 2.45) is 7.05 Å². The summed E-state index contributed by atoms with van der Waals surface area (Å²) in [6, 6.07) is 0. The minimum absolute atomic E-state index is 0.0771. The summed E-state index contributed by atoms with van der Waals surface area (Å²) in [7, 11) is 1.88. The molecule has 0 unspecified atom stereocenters. The molecular formula is C15H23N5O2. The van der Waals surface area contributed by atoms with E-state index in [9.17, 15) is 9.90 Å². The van der Waals surface area contributed by atoms with Crippen molar-refractivity contribution in [3.8, 4) is 0 Å². The van der Waals surface area contributed by atoms with Gasteiger partial charge in [0.25, 0.3) is 0 Å². The molecule has 0 aliphatic heterocycles. The van der Waals surface area contributed by atoms with E-state index >= 15 is 0 Å². The van der Waals surface area contributed by atoms with Crippen molar-refractivity contribution in [2.45, 2.75) is 33.9 Å². The summed E-state index contributed by atoms with van der Waals surface area (Å²) in [5.41, 5.74) is 3.03. The van der Waals surface area contributed by atoms with Crippen LogP contribution in [-0.2, 0) is 24.9 Å². The van der Waals surface area contributed by atoms with Crippen LogP contribution in [0, 0.1) is 20.8 Å². The molecule has 0 radical (unpaired) electrons. The Balaban J connectivity index is 2.12. The van der Waals surface area contributed by atoms with Crippen LogP contribution in [-0.4, -0.2) is 48.4 Å². The number of carbonyl (C=O) groups excluding carboxylic acids is 1. The first-order valence-electron chi connectivity index (χ1n) is 7.29. The number of rotatable bonds is 6. The Labute approximate surface area is 130 Å². The number of aliphatic hydroxyl groups is 1.